The van der Waals surface area contributed by atoms with Crippen LogP contribution in [0.4, 0.5) is 10.7 Å². The Morgan fingerprint density at radius 2 is 1.95 bits per heavy atom. The summed E-state index contributed by atoms with van der Waals surface area (Å²) in [4.78, 5) is 33.2. The number of hydrogen-bond donors (Lipinski definition) is 4. The molecule has 10 nitrogen and oxygen atoms in total. The van der Waals surface area contributed by atoms with Crippen molar-refractivity contribution in [2.24, 2.45) is 7.05 Å². The molecule has 40 heavy (non-hydrogen) atoms. The molecule has 4 N–H and O–H groups in total. The Hall–Kier alpha value is -4.74. The van der Waals surface area contributed by atoms with E-state index < -0.39 is 21.0 Å². The molecule has 0 saturated heterocycles. The average molecular weight is 554 g/mol. The highest BCUT2D eigenvalue weighted by Gasteiger charge is 2.19. The molecule has 3 heterocycles. The summed E-state index contributed by atoms with van der Waals surface area (Å²) in [7, 11) is 0.191. The number of rotatable bonds is 8. The van der Waals surface area contributed by atoms with E-state index in [0.29, 0.717) is 11.2 Å². The molecule has 5 aromatic rings. The fraction of sp³-hybridized carbons (Fsp3) is 0.172. The number of hydrogen-bond acceptors (Lipinski definition) is 5. The van der Waals surface area contributed by atoms with E-state index in [9.17, 15) is 9.59 Å². The summed E-state index contributed by atoms with van der Waals surface area (Å²) in [6, 6.07) is 17.0. The van der Waals surface area contributed by atoms with Crippen molar-refractivity contribution in [2.75, 3.05) is 11.9 Å². The maximum atomic E-state index is 13.4. The van der Waals surface area contributed by atoms with Crippen LogP contribution < -0.4 is 20.8 Å². The summed E-state index contributed by atoms with van der Waals surface area (Å²) >= 11 is 0. The van der Waals surface area contributed by atoms with E-state index in [-0.39, 0.29) is 18.5 Å². The molecule has 2 aromatic carbocycles. The number of aliphatic hydroxyl groups is 1. The predicted molar refractivity (Wildman–Crippen MR) is 160 cm³/mol. The van der Waals surface area contributed by atoms with Gasteiger partial charge in [-0.25, -0.2) is 9.31 Å². The second-order valence-electron chi connectivity index (χ2n) is 9.79. The highest BCUT2D eigenvalue weighted by molar-refractivity contribution is 6.72. The van der Waals surface area contributed by atoms with E-state index in [4.69, 9.17) is 5.11 Å². The van der Waals surface area contributed by atoms with Crippen molar-refractivity contribution in [2.45, 2.75) is 19.5 Å². The van der Waals surface area contributed by atoms with E-state index in [1.807, 2.05) is 66.4 Å². The van der Waals surface area contributed by atoms with Crippen molar-refractivity contribution in [3.05, 3.63) is 84.7 Å². The Balaban J connectivity index is 1.40. The Labute approximate surface area is 233 Å². The van der Waals surface area contributed by atoms with Gasteiger partial charge in [0, 0.05) is 30.3 Å². The summed E-state index contributed by atoms with van der Waals surface area (Å²) in [5, 5.41) is 20.6. The van der Waals surface area contributed by atoms with Gasteiger partial charge in [0.05, 0.1) is 18.2 Å². The van der Waals surface area contributed by atoms with Crippen molar-refractivity contribution in [3.8, 4) is 11.1 Å². The van der Waals surface area contributed by atoms with Crippen molar-refractivity contribution in [1.29, 1.82) is 0 Å². The molecule has 3 amide bonds. The minimum Gasteiger partial charge on any atom is -0.394 e. The zero-order chi connectivity index (χ0) is 28.4. The summed E-state index contributed by atoms with van der Waals surface area (Å²) in [5.74, 6) is 0.0533. The number of aryl methyl sites for hydroxylation is 1. The van der Waals surface area contributed by atoms with E-state index in [1.54, 1.807) is 17.6 Å². The summed E-state index contributed by atoms with van der Waals surface area (Å²) in [6.45, 7) is 7.46. The lowest BCUT2D eigenvalue weighted by Gasteiger charge is -2.13. The van der Waals surface area contributed by atoms with E-state index in [0.717, 1.165) is 32.8 Å². The van der Waals surface area contributed by atoms with Gasteiger partial charge >= 0.3 is 6.03 Å². The van der Waals surface area contributed by atoms with Gasteiger partial charge in [-0.3, -0.25) is 10.1 Å². The maximum absolute atomic E-state index is 13.4. The first-order valence-electron chi connectivity index (χ1n) is 12.9. The molecule has 204 valence electrons. The van der Waals surface area contributed by atoms with Gasteiger partial charge in [0.25, 0.3) is 5.95 Å². The van der Waals surface area contributed by atoms with Gasteiger partial charge in [-0.2, -0.15) is 4.98 Å². The lowest BCUT2D eigenvalue weighted by Crippen LogP contribution is -2.45. The Morgan fingerprint density at radius 1 is 1.15 bits per heavy atom. The van der Waals surface area contributed by atoms with Gasteiger partial charge in [0.15, 0.2) is 14.6 Å². The first-order valence-corrected chi connectivity index (χ1v) is 15.2. The molecule has 0 aliphatic rings. The molecule has 0 aliphatic carbocycles. The number of aliphatic hydroxyl groups excluding tert-OH is 1. The standard InChI is InChI=1S/C29H31N7O3Si/c1-5-19-7-6-8-22(13-19)40(4)34-27(38)24-16-35(3)25-10-9-20(14-23(24)25)21-11-12-36-26(15-21)31-28(33-36)32-29(39)30-18(2)17-37/h5-16,18,37,40H,1,17H2,2-4H3,(H,34,38)(H2,30,32,33,39)/t18-,40-/m0/s1. The van der Waals surface area contributed by atoms with Crippen LogP contribution >= 0.6 is 0 Å². The third-order valence-electron chi connectivity index (χ3n) is 6.78. The molecular formula is C29H31N7O3Si. The Morgan fingerprint density at radius 3 is 2.73 bits per heavy atom. The van der Waals surface area contributed by atoms with Crippen molar-refractivity contribution in [3.63, 3.8) is 0 Å². The van der Waals surface area contributed by atoms with Crippen molar-refractivity contribution >= 4 is 54.7 Å². The SMILES string of the molecule is C=Cc1cccc([Si@H](C)NC(=O)c2cn(C)c3ccc(-c4ccn5nc(NC(=O)N[C@@H](C)CO)nc5c4)cc23)c1. The van der Waals surface area contributed by atoms with Crippen LogP contribution in [0.5, 0.6) is 0 Å². The molecule has 0 fully saturated rings. The smallest absolute Gasteiger partial charge is 0.321 e. The van der Waals surface area contributed by atoms with Gasteiger partial charge in [0.1, 0.15) is 0 Å². The molecular weight excluding hydrogens is 522 g/mol. The molecule has 0 bridgehead atoms. The first-order chi connectivity index (χ1) is 19.2. The minimum atomic E-state index is -1.74. The second-order valence-corrected chi connectivity index (χ2v) is 12.2. The second kappa shape index (κ2) is 11.2. The number of carbonyl (C=O) groups is 2. The lowest BCUT2D eigenvalue weighted by atomic mass is 10.0. The number of pyridine rings is 1. The average Bonchev–Trinajstić information content (AvgIpc) is 3.51. The summed E-state index contributed by atoms with van der Waals surface area (Å²) in [5.41, 5.74) is 4.98. The zero-order valence-corrected chi connectivity index (χ0v) is 23.7. The largest absolute Gasteiger partial charge is 0.394 e. The molecule has 11 heteroatoms. The van der Waals surface area contributed by atoms with Gasteiger partial charge in [-0.1, -0.05) is 49.5 Å². The number of benzene rings is 2. The molecule has 0 unspecified atom stereocenters. The van der Waals surface area contributed by atoms with E-state index in [2.05, 4.69) is 51.0 Å². The fourth-order valence-corrected chi connectivity index (χ4v) is 6.14. The van der Waals surface area contributed by atoms with Crippen LogP contribution in [0.3, 0.4) is 0 Å². The van der Waals surface area contributed by atoms with Crippen LogP contribution in [0.25, 0.3) is 33.8 Å². The van der Waals surface area contributed by atoms with Crippen LogP contribution in [0.1, 0.15) is 22.8 Å². The monoisotopic (exact) mass is 553 g/mol. The number of carbonyl (C=O) groups excluding carboxylic acids is 2. The number of aromatic nitrogens is 4. The normalized spacial score (nSPS) is 12.7. The van der Waals surface area contributed by atoms with Gasteiger partial charge < -0.3 is 20.0 Å². The van der Waals surface area contributed by atoms with Crippen LogP contribution in [0.2, 0.25) is 6.55 Å². The quantitative estimate of drug-likeness (QED) is 0.220. The van der Waals surface area contributed by atoms with Crippen LogP contribution in [-0.4, -0.2) is 57.8 Å². The number of nitrogens with one attached hydrogen (secondary N) is 3. The van der Waals surface area contributed by atoms with Gasteiger partial charge in [-0.05, 0) is 53.1 Å². The van der Waals surface area contributed by atoms with Gasteiger partial charge in [-0.15, -0.1) is 5.10 Å². The summed E-state index contributed by atoms with van der Waals surface area (Å²) < 4.78 is 3.53. The number of anilines is 1. The number of amides is 3. The van der Waals surface area contributed by atoms with Crippen LogP contribution in [-0.2, 0) is 7.05 Å². The van der Waals surface area contributed by atoms with E-state index >= 15 is 0 Å². The third kappa shape index (κ3) is 5.51. The van der Waals surface area contributed by atoms with Gasteiger partial charge in [0.2, 0.25) is 5.91 Å². The molecule has 3 aromatic heterocycles. The Bertz CT molecular complexity index is 1740. The predicted octanol–water partition coefficient (Wildman–Crippen LogP) is 3.02. The minimum absolute atomic E-state index is 0.0941. The first kappa shape index (κ1) is 26.8. The van der Waals surface area contributed by atoms with Crippen LogP contribution in [0, 0.1) is 0 Å². The molecule has 0 saturated carbocycles. The molecule has 0 aliphatic heterocycles. The number of fused-ring (bicyclic) bond motifs is 2. The topological polar surface area (TPSA) is 126 Å². The van der Waals surface area contributed by atoms with E-state index in [1.165, 1.54) is 0 Å². The highest BCUT2D eigenvalue weighted by atomic mass is 28.3. The highest BCUT2D eigenvalue weighted by Crippen LogP contribution is 2.28. The zero-order valence-electron chi connectivity index (χ0n) is 22.5. The molecule has 2 atom stereocenters. The number of urea groups is 1. The van der Waals surface area contributed by atoms with Crippen molar-refractivity contribution < 1.29 is 14.7 Å². The number of nitrogens with zero attached hydrogens (tertiary/aromatic N) is 4. The van der Waals surface area contributed by atoms with Crippen molar-refractivity contribution in [1.82, 2.24) is 29.5 Å². The third-order valence-corrected chi connectivity index (χ3v) is 8.83. The molecule has 0 spiro atoms. The fourth-order valence-electron chi connectivity index (χ4n) is 4.59. The maximum Gasteiger partial charge on any atom is 0.321 e. The summed E-state index contributed by atoms with van der Waals surface area (Å²) in [6.07, 6.45) is 5.45. The Kier molecular flexibility index (Phi) is 7.49. The molecule has 5 rings (SSSR count). The molecule has 0 radical (unpaired) electrons. The van der Waals surface area contributed by atoms with Crippen LogP contribution in [0.15, 0.2) is 73.6 Å². The lowest BCUT2D eigenvalue weighted by molar-refractivity contribution is 0.0981.